The molecule has 1 aromatic rings. The summed E-state index contributed by atoms with van der Waals surface area (Å²) in [5.41, 5.74) is 6.46. The molecular formula is C16H19FN2OS. The minimum atomic E-state index is -0.382. The Labute approximate surface area is 128 Å². The summed E-state index contributed by atoms with van der Waals surface area (Å²) in [5.74, 6) is 6.24. The van der Waals surface area contributed by atoms with Crippen LogP contribution in [0.4, 0.5) is 4.39 Å². The van der Waals surface area contributed by atoms with E-state index in [0.29, 0.717) is 11.1 Å². The van der Waals surface area contributed by atoms with E-state index in [1.807, 2.05) is 6.92 Å². The first kappa shape index (κ1) is 15.9. The molecule has 1 aromatic carbocycles. The predicted octanol–water partition coefficient (Wildman–Crippen LogP) is 2.04. The summed E-state index contributed by atoms with van der Waals surface area (Å²) in [7, 11) is 0. The van der Waals surface area contributed by atoms with Gasteiger partial charge in [0, 0.05) is 17.7 Å². The number of nitrogens with two attached hydrogens (primary N) is 1. The zero-order chi connectivity index (χ0) is 15.3. The Kier molecular flexibility index (Phi) is 5.27. The third-order valence-electron chi connectivity index (χ3n) is 3.52. The number of carbonyl (C=O) groups excluding carboxylic acids is 1. The maximum atomic E-state index is 13.8. The number of rotatable bonds is 3. The molecule has 2 rings (SSSR count). The van der Waals surface area contributed by atoms with Gasteiger partial charge < -0.3 is 11.1 Å². The highest BCUT2D eigenvalue weighted by Crippen LogP contribution is 2.37. The van der Waals surface area contributed by atoms with E-state index >= 15 is 0 Å². The largest absolute Gasteiger partial charge is 0.351 e. The van der Waals surface area contributed by atoms with E-state index in [-0.39, 0.29) is 29.6 Å². The highest BCUT2D eigenvalue weighted by atomic mass is 32.2. The summed E-state index contributed by atoms with van der Waals surface area (Å²) >= 11 is 1.66. The van der Waals surface area contributed by atoms with Gasteiger partial charge in [0.1, 0.15) is 5.82 Å². The summed E-state index contributed by atoms with van der Waals surface area (Å²) in [6, 6.07) is 4.63. The molecule has 1 aliphatic heterocycles. The normalized spacial score (nSPS) is 20.7. The van der Waals surface area contributed by atoms with Crippen LogP contribution in [0.5, 0.6) is 0 Å². The van der Waals surface area contributed by atoms with Crippen molar-refractivity contribution in [2.24, 2.45) is 5.73 Å². The lowest BCUT2D eigenvalue weighted by atomic mass is 10.0. The van der Waals surface area contributed by atoms with Crippen LogP contribution in [0.1, 0.15) is 30.9 Å². The molecule has 21 heavy (non-hydrogen) atoms. The Morgan fingerprint density at radius 3 is 3.05 bits per heavy atom. The lowest BCUT2D eigenvalue weighted by molar-refractivity contribution is -0.123. The number of nitrogens with one attached hydrogen (secondary N) is 1. The number of halogens is 1. The fourth-order valence-corrected chi connectivity index (χ4v) is 3.49. The fraction of sp³-hybridized carbons (Fsp3) is 0.438. The first-order valence-corrected chi connectivity index (χ1v) is 7.93. The molecule has 1 heterocycles. The van der Waals surface area contributed by atoms with E-state index in [2.05, 4.69) is 17.2 Å². The maximum Gasteiger partial charge on any atom is 0.236 e. The number of hydrogen-bond donors (Lipinski definition) is 2. The Balaban J connectivity index is 2.04. The second-order valence-electron chi connectivity index (χ2n) is 5.18. The fourth-order valence-electron chi connectivity index (χ4n) is 2.26. The van der Waals surface area contributed by atoms with E-state index in [1.54, 1.807) is 23.9 Å². The number of hydrogen-bond acceptors (Lipinski definition) is 3. The molecule has 0 radical (unpaired) electrons. The summed E-state index contributed by atoms with van der Waals surface area (Å²) < 4.78 is 13.4. The van der Waals surface area contributed by atoms with Crippen LogP contribution in [0.15, 0.2) is 18.2 Å². The first-order chi connectivity index (χ1) is 10.0. The quantitative estimate of drug-likeness (QED) is 0.840. The van der Waals surface area contributed by atoms with Gasteiger partial charge in [-0.15, -0.1) is 11.8 Å². The average Bonchev–Trinajstić information content (AvgIpc) is 2.93. The van der Waals surface area contributed by atoms with Gasteiger partial charge in [0.05, 0.1) is 11.3 Å². The van der Waals surface area contributed by atoms with Crippen molar-refractivity contribution in [1.29, 1.82) is 0 Å². The SMILES string of the molecule is CC1(C(=O)NCc2cc(C#CCN)ccc2F)CCCS1. The lowest BCUT2D eigenvalue weighted by Gasteiger charge is -2.21. The minimum absolute atomic E-state index is 0.0251. The van der Waals surface area contributed by atoms with E-state index in [0.717, 1.165) is 18.6 Å². The zero-order valence-electron chi connectivity index (χ0n) is 12.0. The molecule has 3 N–H and O–H groups in total. The van der Waals surface area contributed by atoms with Crippen LogP contribution in [0.2, 0.25) is 0 Å². The van der Waals surface area contributed by atoms with Gasteiger partial charge in [-0.2, -0.15) is 0 Å². The van der Waals surface area contributed by atoms with E-state index in [1.165, 1.54) is 6.07 Å². The Hall–Kier alpha value is -1.51. The number of carbonyl (C=O) groups is 1. The van der Waals surface area contributed by atoms with Crippen LogP contribution in [-0.4, -0.2) is 23.0 Å². The van der Waals surface area contributed by atoms with Crippen molar-refractivity contribution in [3.8, 4) is 11.8 Å². The monoisotopic (exact) mass is 306 g/mol. The van der Waals surface area contributed by atoms with Crippen LogP contribution < -0.4 is 11.1 Å². The van der Waals surface area contributed by atoms with Gasteiger partial charge in [0.2, 0.25) is 5.91 Å². The molecule has 1 saturated heterocycles. The molecule has 3 nitrogen and oxygen atoms in total. The van der Waals surface area contributed by atoms with Crippen molar-refractivity contribution < 1.29 is 9.18 Å². The second kappa shape index (κ2) is 6.97. The standard InChI is InChI=1S/C16H19FN2OS/c1-16(7-3-9-21-16)15(20)19-11-13-10-12(4-2-8-18)5-6-14(13)17/h5-6,10H,3,7-9,11,18H2,1H3,(H,19,20). The smallest absolute Gasteiger partial charge is 0.236 e. The van der Waals surface area contributed by atoms with Crippen LogP contribution in [0.25, 0.3) is 0 Å². The molecule has 0 aromatic heterocycles. The van der Waals surface area contributed by atoms with Crippen LogP contribution >= 0.6 is 11.8 Å². The van der Waals surface area contributed by atoms with Crippen LogP contribution in [0.3, 0.4) is 0 Å². The molecule has 1 unspecified atom stereocenters. The zero-order valence-corrected chi connectivity index (χ0v) is 12.9. The van der Waals surface area contributed by atoms with E-state index in [9.17, 15) is 9.18 Å². The molecule has 1 aliphatic rings. The third-order valence-corrected chi connectivity index (χ3v) is 5.04. The molecule has 1 amide bonds. The molecule has 1 atom stereocenters. The Morgan fingerprint density at radius 1 is 1.57 bits per heavy atom. The Morgan fingerprint density at radius 2 is 2.38 bits per heavy atom. The predicted molar refractivity (Wildman–Crippen MR) is 84.3 cm³/mol. The van der Waals surface area contributed by atoms with Crippen LogP contribution in [-0.2, 0) is 11.3 Å². The molecule has 0 aliphatic carbocycles. The van der Waals surface area contributed by atoms with Crippen molar-refractivity contribution in [2.75, 3.05) is 12.3 Å². The number of amides is 1. The van der Waals surface area contributed by atoms with Crippen LogP contribution in [0, 0.1) is 17.7 Å². The number of benzene rings is 1. The van der Waals surface area contributed by atoms with E-state index in [4.69, 9.17) is 5.73 Å². The summed E-state index contributed by atoms with van der Waals surface area (Å²) in [5, 5.41) is 2.83. The summed E-state index contributed by atoms with van der Waals surface area (Å²) in [6.07, 6.45) is 1.92. The van der Waals surface area contributed by atoms with Gasteiger partial charge in [0.25, 0.3) is 0 Å². The third kappa shape index (κ3) is 3.99. The molecule has 5 heteroatoms. The van der Waals surface area contributed by atoms with Gasteiger partial charge >= 0.3 is 0 Å². The molecular weight excluding hydrogens is 287 g/mol. The summed E-state index contributed by atoms with van der Waals surface area (Å²) in [6.45, 7) is 2.39. The maximum absolute atomic E-state index is 13.8. The molecule has 0 saturated carbocycles. The van der Waals surface area contributed by atoms with Crippen molar-refractivity contribution >= 4 is 17.7 Å². The number of thioether (sulfide) groups is 1. The van der Waals surface area contributed by atoms with Crippen molar-refractivity contribution in [1.82, 2.24) is 5.32 Å². The van der Waals surface area contributed by atoms with Crippen molar-refractivity contribution in [3.05, 3.63) is 35.1 Å². The molecule has 1 fully saturated rings. The average molecular weight is 306 g/mol. The first-order valence-electron chi connectivity index (χ1n) is 6.95. The molecule has 112 valence electrons. The molecule has 0 bridgehead atoms. The van der Waals surface area contributed by atoms with E-state index < -0.39 is 0 Å². The van der Waals surface area contributed by atoms with Gasteiger partial charge in [-0.3, -0.25) is 4.79 Å². The lowest BCUT2D eigenvalue weighted by Crippen LogP contribution is -2.40. The van der Waals surface area contributed by atoms with Crippen molar-refractivity contribution in [2.45, 2.75) is 31.1 Å². The van der Waals surface area contributed by atoms with Crippen molar-refractivity contribution in [3.63, 3.8) is 0 Å². The second-order valence-corrected chi connectivity index (χ2v) is 6.78. The highest BCUT2D eigenvalue weighted by Gasteiger charge is 2.36. The minimum Gasteiger partial charge on any atom is -0.351 e. The van der Waals surface area contributed by atoms with Gasteiger partial charge in [0.15, 0.2) is 0 Å². The highest BCUT2D eigenvalue weighted by molar-refractivity contribution is 8.01. The van der Waals surface area contributed by atoms with Gasteiger partial charge in [-0.1, -0.05) is 11.8 Å². The van der Waals surface area contributed by atoms with Gasteiger partial charge in [-0.05, 0) is 43.7 Å². The Bertz CT molecular complexity index is 586. The van der Waals surface area contributed by atoms with Gasteiger partial charge in [-0.25, -0.2) is 4.39 Å². The topological polar surface area (TPSA) is 55.1 Å². The molecule has 0 spiro atoms. The summed E-state index contributed by atoms with van der Waals surface area (Å²) in [4.78, 5) is 12.2.